The van der Waals surface area contributed by atoms with E-state index >= 15 is 0 Å². The molecule has 3 nitrogen and oxygen atoms in total. The minimum atomic E-state index is -0.872. The van der Waals surface area contributed by atoms with Gasteiger partial charge in [-0.05, 0) is 30.5 Å². The summed E-state index contributed by atoms with van der Waals surface area (Å²) in [6.45, 7) is 2.36. The van der Waals surface area contributed by atoms with Crippen LogP contribution < -0.4 is 11.1 Å². The third-order valence-electron chi connectivity index (χ3n) is 2.99. The molecule has 0 aliphatic carbocycles. The van der Waals surface area contributed by atoms with E-state index in [1.807, 2.05) is 6.92 Å². The van der Waals surface area contributed by atoms with E-state index in [4.69, 9.17) is 10.8 Å². The van der Waals surface area contributed by atoms with Crippen LogP contribution in [-0.2, 0) is 0 Å². The van der Waals surface area contributed by atoms with E-state index in [0.29, 0.717) is 12.0 Å². The largest absolute Gasteiger partial charge is 0.396 e. The molecule has 0 saturated carbocycles. The summed E-state index contributed by atoms with van der Waals surface area (Å²) < 4.78 is 26.0. The molecule has 0 radical (unpaired) electrons. The lowest BCUT2D eigenvalue weighted by molar-refractivity contribution is 0.255. The average Bonchev–Trinajstić information content (AvgIpc) is 2.38. The maximum absolute atomic E-state index is 13.2. The summed E-state index contributed by atoms with van der Waals surface area (Å²) in [7, 11) is 0. The molecule has 0 aliphatic rings. The lowest BCUT2D eigenvalue weighted by Gasteiger charge is -2.24. The molecule has 0 spiro atoms. The highest BCUT2D eigenvalue weighted by Crippen LogP contribution is 2.17. The summed E-state index contributed by atoms with van der Waals surface area (Å²) in [5.41, 5.74) is 6.27. The molecule has 4 N–H and O–H groups in total. The Labute approximate surface area is 106 Å². The van der Waals surface area contributed by atoms with Gasteiger partial charge in [0.2, 0.25) is 0 Å². The minimum Gasteiger partial charge on any atom is -0.396 e. The van der Waals surface area contributed by atoms with Crippen LogP contribution in [0.5, 0.6) is 0 Å². The molecule has 1 aromatic carbocycles. The van der Waals surface area contributed by atoms with Gasteiger partial charge in [-0.1, -0.05) is 13.0 Å². The van der Waals surface area contributed by atoms with Crippen LogP contribution in [0.3, 0.4) is 0 Å². The van der Waals surface area contributed by atoms with Gasteiger partial charge in [-0.15, -0.1) is 0 Å². The second kappa shape index (κ2) is 7.41. The van der Waals surface area contributed by atoms with Gasteiger partial charge in [0, 0.05) is 25.2 Å². The fourth-order valence-corrected chi connectivity index (χ4v) is 1.88. The second-order valence-electron chi connectivity index (χ2n) is 4.25. The molecule has 2 unspecified atom stereocenters. The summed E-state index contributed by atoms with van der Waals surface area (Å²) in [5.74, 6) is -1.74. The summed E-state index contributed by atoms with van der Waals surface area (Å²) >= 11 is 0. The lowest BCUT2D eigenvalue weighted by atomic mass is 10.0. The van der Waals surface area contributed by atoms with Crippen molar-refractivity contribution in [3.8, 4) is 0 Å². The van der Waals surface area contributed by atoms with E-state index in [9.17, 15) is 8.78 Å². The summed E-state index contributed by atoms with van der Waals surface area (Å²) in [4.78, 5) is 0. The number of hydrogen-bond acceptors (Lipinski definition) is 3. The molecule has 2 atom stereocenters. The van der Waals surface area contributed by atoms with E-state index < -0.39 is 11.6 Å². The molecular weight excluding hydrogens is 238 g/mol. The Morgan fingerprint density at radius 2 is 2.06 bits per heavy atom. The molecule has 0 heterocycles. The van der Waals surface area contributed by atoms with Gasteiger partial charge < -0.3 is 16.2 Å². The number of aliphatic hydroxyl groups is 1. The summed E-state index contributed by atoms with van der Waals surface area (Å²) in [6, 6.07) is 3.65. The van der Waals surface area contributed by atoms with Gasteiger partial charge in [0.1, 0.15) is 0 Å². The molecule has 0 aromatic heterocycles. The van der Waals surface area contributed by atoms with Crippen molar-refractivity contribution in [2.24, 2.45) is 5.73 Å². The van der Waals surface area contributed by atoms with Gasteiger partial charge in [0.05, 0.1) is 0 Å². The van der Waals surface area contributed by atoms with Crippen molar-refractivity contribution < 1.29 is 13.9 Å². The van der Waals surface area contributed by atoms with Crippen molar-refractivity contribution in [1.29, 1.82) is 0 Å². The molecule has 0 fully saturated rings. The number of aliphatic hydroxyl groups excluding tert-OH is 1. The van der Waals surface area contributed by atoms with Crippen LogP contribution in [0.1, 0.15) is 31.4 Å². The zero-order chi connectivity index (χ0) is 13.5. The van der Waals surface area contributed by atoms with Crippen LogP contribution in [0, 0.1) is 11.6 Å². The summed E-state index contributed by atoms with van der Waals surface area (Å²) in [5, 5.41) is 12.2. The summed E-state index contributed by atoms with van der Waals surface area (Å²) in [6.07, 6.45) is 1.44. The Morgan fingerprint density at radius 1 is 1.33 bits per heavy atom. The van der Waals surface area contributed by atoms with Crippen LogP contribution in [-0.4, -0.2) is 24.3 Å². The van der Waals surface area contributed by atoms with E-state index in [2.05, 4.69) is 5.32 Å². The number of rotatable bonds is 7. The Kier molecular flexibility index (Phi) is 6.18. The van der Waals surface area contributed by atoms with Gasteiger partial charge in [-0.3, -0.25) is 0 Å². The number of benzene rings is 1. The van der Waals surface area contributed by atoms with Crippen LogP contribution in [0.15, 0.2) is 18.2 Å². The number of halogens is 2. The second-order valence-corrected chi connectivity index (χ2v) is 4.25. The predicted octanol–water partition coefficient (Wildman–Crippen LogP) is 1.72. The first-order chi connectivity index (χ1) is 8.62. The fraction of sp³-hybridized carbons (Fsp3) is 0.538. The molecule has 1 rings (SSSR count). The third-order valence-corrected chi connectivity index (χ3v) is 2.99. The first kappa shape index (κ1) is 15.0. The lowest BCUT2D eigenvalue weighted by Crippen LogP contribution is -2.37. The van der Waals surface area contributed by atoms with Crippen molar-refractivity contribution in [3.63, 3.8) is 0 Å². The third kappa shape index (κ3) is 4.01. The highest BCUT2D eigenvalue weighted by Gasteiger charge is 2.16. The van der Waals surface area contributed by atoms with Crippen molar-refractivity contribution in [1.82, 2.24) is 5.32 Å². The molecule has 0 bridgehead atoms. The van der Waals surface area contributed by atoms with E-state index in [1.54, 1.807) is 0 Å². The molecule has 1 aromatic rings. The maximum atomic E-state index is 13.2. The Balaban J connectivity index is 2.78. The van der Waals surface area contributed by atoms with Gasteiger partial charge >= 0.3 is 0 Å². The van der Waals surface area contributed by atoms with Crippen molar-refractivity contribution >= 4 is 0 Å². The SMILES string of the molecule is CCC(CCO)NC(CN)c1ccc(F)c(F)c1. The topological polar surface area (TPSA) is 58.3 Å². The van der Waals surface area contributed by atoms with Gasteiger partial charge in [-0.25, -0.2) is 8.78 Å². The Hall–Kier alpha value is -1.04. The van der Waals surface area contributed by atoms with Crippen molar-refractivity contribution in [2.75, 3.05) is 13.2 Å². The molecule has 0 saturated heterocycles. The Bertz CT molecular complexity index is 374. The Morgan fingerprint density at radius 3 is 2.56 bits per heavy atom. The van der Waals surface area contributed by atoms with Crippen molar-refractivity contribution in [3.05, 3.63) is 35.4 Å². The van der Waals surface area contributed by atoms with Crippen LogP contribution in [0.4, 0.5) is 8.78 Å². The zero-order valence-corrected chi connectivity index (χ0v) is 10.5. The number of nitrogens with two attached hydrogens (primary N) is 1. The minimum absolute atomic E-state index is 0.0839. The normalized spacial score (nSPS) is 14.5. The van der Waals surface area contributed by atoms with Crippen LogP contribution in [0.2, 0.25) is 0 Å². The molecule has 0 aliphatic heterocycles. The molecule has 0 amide bonds. The van der Waals surface area contributed by atoms with Crippen LogP contribution in [0.25, 0.3) is 0 Å². The number of nitrogens with one attached hydrogen (secondary N) is 1. The highest BCUT2D eigenvalue weighted by molar-refractivity contribution is 5.21. The standard InChI is InChI=1S/C13H20F2N2O/c1-2-10(5-6-18)17-13(8-16)9-3-4-11(14)12(15)7-9/h3-4,7,10,13,17-18H,2,5-6,8,16H2,1H3. The van der Waals surface area contributed by atoms with Gasteiger partial charge in [0.15, 0.2) is 11.6 Å². The van der Waals surface area contributed by atoms with Crippen LogP contribution >= 0.6 is 0 Å². The van der Waals surface area contributed by atoms with E-state index in [1.165, 1.54) is 6.07 Å². The van der Waals surface area contributed by atoms with E-state index in [0.717, 1.165) is 18.6 Å². The van der Waals surface area contributed by atoms with Gasteiger partial charge in [-0.2, -0.15) is 0 Å². The molecular formula is C13H20F2N2O. The van der Waals surface area contributed by atoms with E-state index in [-0.39, 0.29) is 25.2 Å². The van der Waals surface area contributed by atoms with Crippen molar-refractivity contribution in [2.45, 2.75) is 31.8 Å². The quantitative estimate of drug-likeness (QED) is 0.698. The first-order valence-electron chi connectivity index (χ1n) is 6.14. The monoisotopic (exact) mass is 258 g/mol. The smallest absolute Gasteiger partial charge is 0.159 e. The predicted molar refractivity (Wildman–Crippen MR) is 67.1 cm³/mol. The number of hydrogen-bond donors (Lipinski definition) is 3. The zero-order valence-electron chi connectivity index (χ0n) is 10.5. The first-order valence-corrected chi connectivity index (χ1v) is 6.14. The average molecular weight is 258 g/mol. The molecule has 102 valence electrons. The maximum Gasteiger partial charge on any atom is 0.159 e. The highest BCUT2D eigenvalue weighted by atomic mass is 19.2. The van der Waals surface area contributed by atoms with Gasteiger partial charge in [0.25, 0.3) is 0 Å². The molecule has 5 heteroatoms. The fourth-order valence-electron chi connectivity index (χ4n) is 1.88. The molecule has 18 heavy (non-hydrogen) atoms.